The molecule has 1 unspecified atom stereocenters. The number of hydrogen-bond acceptors (Lipinski definition) is 4. The number of piperidine rings is 1. The third kappa shape index (κ3) is 4.93. The molecule has 0 saturated carbocycles. The van der Waals surface area contributed by atoms with E-state index in [1.807, 2.05) is 12.1 Å². The van der Waals surface area contributed by atoms with Crippen LogP contribution in [0.4, 0.5) is 0 Å². The van der Waals surface area contributed by atoms with Crippen LogP contribution in [0, 0.1) is 5.92 Å². The lowest BCUT2D eigenvalue weighted by Gasteiger charge is -2.37. The summed E-state index contributed by atoms with van der Waals surface area (Å²) in [5, 5.41) is 3.48. The van der Waals surface area contributed by atoms with Gasteiger partial charge >= 0.3 is 0 Å². The van der Waals surface area contributed by atoms with Gasteiger partial charge in [0.25, 0.3) is 0 Å². The molecule has 1 N–H and O–H groups in total. The molecule has 1 atom stereocenters. The smallest absolute Gasteiger partial charge is 0.117 e. The van der Waals surface area contributed by atoms with Gasteiger partial charge in [0.2, 0.25) is 0 Å². The highest BCUT2D eigenvalue weighted by atomic mass is 16.3. The average Bonchev–Trinajstić information content (AvgIpc) is 2.92. The molecule has 1 aliphatic rings. The van der Waals surface area contributed by atoms with Crippen molar-refractivity contribution in [1.29, 1.82) is 0 Å². The van der Waals surface area contributed by atoms with Crippen molar-refractivity contribution in [3.05, 3.63) is 24.2 Å². The minimum absolute atomic E-state index is 0.602. The second kappa shape index (κ2) is 7.81. The molecule has 2 rings (SSSR count). The number of nitrogens with one attached hydrogen (secondary N) is 1. The largest absolute Gasteiger partial charge is 0.468 e. The van der Waals surface area contributed by atoms with Gasteiger partial charge in [0.05, 0.1) is 12.8 Å². The van der Waals surface area contributed by atoms with Crippen LogP contribution >= 0.6 is 0 Å². The average molecular weight is 279 g/mol. The molecular weight excluding hydrogens is 250 g/mol. The second-order valence-corrected chi connectivity index (χ2v) is 6.30. The molecule has 1 aromatic heterocycles. The van der Waals surface area contributed by atoms with Crippen molar-refractivity contribution in [1.82, 2.24) is 15.1 Å². The standard InChI is InChI=1S/C16H29N3O/c1-14(11-17-12-16-5-4-10-20-16)19-8-6-15(7-9-19)13-18(2)3/h4-5,10,14-15,17H,6-9,11-13H2,1-3H3. The highest BCUT2D eigenvalue weighted by Crippen LogP contribution is 2.19. The first kappa shape index (κ1) is 15.5. The Morgan fingerprint density at radius 1 is 1.40 bits per heavy atom. The second-order valence-electron chi connectivity index (χ2n) is 6.30. The molecule has 0 aliphatic carbocycles. The first-order chi connectivity index (χ1) is 9.65. The quantitative estimate of drug-likeness (QED) is 0.827. The Balaban J connectivity index is 1.63. The van der Waals surface area contributed by atoms with E-state index in [-0.39, 0.29) is 0 Å². The molecule has 0 aromatic carbocycles. The van der Waals surface area contributed by atoms with Crippen molar-refractivity contribution in [3.63, 3.8) is 0 Å². The van der Waals surface area contributed by atoms with Gasteiger partial charge in [-0.1, -0.05) is 0 Å². The predicted octanol–water partition coefficient (Wildman–Crippen LogP) is 2.03. The summed E-state index contributed by atoms with van der Waals surface area (Å²) in [7, 11) is 4.35. The lowest BCUT2D eigenvalue weighted by molar-refractivity contribution is 0.125. The fraction of sp³-hybridized carbons (Fsp3) is 0.750. The van der Waals surface area contributed by atoms with E-state index in [4.69, 9.17) is 4.42 Å². The van der Waals surface area contributed by atoms with Crippen molar-refractivity contribution in [3.8, 4) is 0 Å². The van der Waals surface area contributed by atoms with Crippen LogP contribution in [0.5, 0.6) is 0 Å². The molecule has 0 amide bonds. The number of likely N-dealkylation sites (tertiary alicyclic amines) is 1. The lowest BCUT2D eigenvalue weighted by Crippen LogP contribution is -2.45. The summed E-state index contributed by atoms with van der Waals surface area (Å²) in [5.41, 5.74) is 0. The maximum absolute atomic E-state index is 5.33. The van der Waals surface area contributed by atoms with Gasteiger partial charge in [-0.25, -0.2) is 0 Å². The van der Waals surface area contributed by atoms with E-state index in [9.17, 15) is 0 Å². The van der Waals surface area contributed by atoms with Crippen molar-refractivity contribution in [2.75, 3.05) is 40.3 Å². The summed E-state index contributed by atoms with van der Waals surface area (Å²) in [6, 6.07) is 4.56. The van der Waals surface area contributed by atoms with Gasteiger partial charge in [-0.15, -0.1) is 0 Å². The molecule has 114 valence electrons. The van der Waals surface area contributed by atoms with E-state index < -0.39 is 0 Å². The van der Waals surface area contributed by atoms with Crippen molar-refractivity contribution in [2.24, 2.45) is 5.92 Å². The monoisotopic (exact) mass is 279 g/mol. The first-order valence-electron chi connectivity index (χ1n) is 7.77. The molecule has 1 fully saturated rings. The number of rotatable bonds is 7. The number of nitrogens with zero attached hydrogens (tertiary/aromatic N) is 2. The SMILES string of the molecule is CC(CNCc1ccco1)N1CCC(CN(C)C)CC1. The van der Waals surface area contributed by atoms with Crippen LogP contribution in [0.25, 0.3) is 0 Å². The van der Waals surface area contributed by atoms with Crippen LogP contribution in [0.15, 0.2) is 22.8 Å². The zero-order valence-corrected chi connectivity index (χ0v) is 13.1. The fourth-order valence-corrected chi connectivity index (χ4v) is 3.04. The highest BCUT2D eigenvalue weighted by molar-refractivity contribution is 4.97. The summed E-state index contributed by atoms with van der Waals surface area (Å²) in [4.78, 5) is 4.93. The van der Waals surface area contributed by atoms with E-state index in [0.29, 0.717) is 6.04 Å². The molecule has 1 saturated heterocycles. The fourth-order valence-electron chi connectivity index (χ4n) is 3.04. The van der Waals surface area contributed by atoms with E-state index in [1.165, 1.54) is 32.5 Å². The zero-order chi connectivity index (χ0) is 14.4. The summed E-state index contributed by atoms with van der Waals surface area (Å²) in [5.74, 6) is 1.89. The van der Waals surface area contributed by atoms with Gasteiger partial charge in [0.15, 0.2) is 0 Å². The zero-order valence-electron chi connectivity index (χ0n) is 13.1. The maximum Gasteiger partial charge on any atom is 0.117 e. The molecule has 4 nitrogen and oxygen atoms in total. The molecule has 0 spiro atoms. The normalized spacial score (nSPS) is 19.6. The summed E-state index contributed by atoms with van der Waals surface area (Å²) in [6.45, 7) is 7.89. The molecule has 0 bridgehead atoms. The Bertz CT molecular complexity index is 356. The molecule has 20 heavy (non-hydrogen) atoms. The van der Waals surface area contributed by atoms with Crippen LogP contribution < -0.4 is 5.32 Å². The first-order valence-corrected chi connectivity index (χ1v) is 7.77. The number of hydrogen-bond donors (Lipinski definition) is 1. The van der Waals surface area contributed by atoms with Gasteiger partial charge in [-0.2, -0.15) is 0 Å². The molecule has 2 heterocycles. The Morgan fingerprint density at radius 2 is 2.15 bits per heavy atom. The number of furan rings is 1. The predicted molar refractivity (Wildman–Crippen MR) is 82.7 cm³/mol. The molecule has 1 aliphatic heterocycles. The van der Waals surface area contributed by atoms with Crippen LogP contribution in [-0.2, 0) is 6.54 Å². The minimum Gasteiger partial charge on any atom is -0.468 e. The highest BCUT2D eigenvalue weighted by Gasteiger charge is 2.22. The van der Waals surface area contributed by atoms with Crippen LogP contribution in [0.2, 0.25) is 0 Å². The molecular formula is C16H29N3O. The Hall–Kier alpha value is -0.840. The van der Waals surface area contributed by atoms with Gasteiger partial charge in [-0.05, 0) is 65.0 Å². The van der Waals surface area contributed by atoms with Gasteiger partial charge in [-0.3, -0.25) is 4.90 Å². The maximum atomic E-state index is 5.33. The summed E-state index contributed by atoms with van der Waals surface area (Å²) in [6.07, 6.45) is 4.40. The van der Waals surface area contributed by atoms with Crippen molar-refractivity contribution >= 4 is 0 Å². The Labute approximate surface area is 123 Å². The molecule has 0 radical (unpaired) electrons. The van der Waals surface area contributed by atoms with Crippen LogP contribution in [0.3, 0.4) is 0 Å². The Morgan fingerprint density at radius 3 is 2.75 bits per heavy atom. The third-order valence-corrected chi connectivity index (χ3v) is 4.21. The Kier molecular flexibility index (Phi) is 6.07. The summed E-state index contributed by atoms with van der Waals surface area (Å²) < 4.78 is 5.33. The van der Waals surface area contributed by atoms with E-state index in [0.717, 1.165) is 24.8 Å². The van der Waals surface area contributed by atoms with Gasteiger partial charge in [0.1, 0.15) is 5.76 Å². The van der Waals surface area contributed by atoms with Crippen molar-refractivity contribution in [2.45, 2.75) is 32.4 Å². The third-order valence-electron chi connectivity index (χ3n) is 4.21. The van der Waals surface area contributed by atoms with Gasteiger partial charge in [0, 0.05) is 19.1 Å². The van der Waals surface area contributed by atoms with E-state index >= 15 is 0 Å². The molecule has 4 heteroatoms. The van der Waals surface area contributed by atoms with E-state index in [1.54, 1.807) is 6.26 Å². The van der Waals surface area contributed by atoms with Gasteiger partial charge < -0.3 is 14.6 Å². The minimum atomic E-state index is 0.602. The van der Waals surface area contributed by atoms with E-state index in [2.05, 4.69) is 36.1 Å². The topological polar surface area (TPSA) is 31.7 Å². The van der Waals surface area contributed by atoms with Crippen molar-refractivity contribution < 1.29 is 4.42 Å². The van der Waals surface area contributed by atoms with Crippen LogP contribution in [-0.4, -0.2) is 56.1 Å². The molecule has 1 aromatic rings. The lowest BCUT2D eigenvalue weighted by atomic mass is 9.95. The summed E-state index contributed by atoms with van der Waals surface area (Å²) >= 11 is 0. The van der Waals surface area contributed by atoms with Crippen LogP contribution in [0.1, 0.15) is 25.5 Å².